The lowest BCUT2D eigenvalue weighted by molar-refractivity contribution is 0.105. The second kappa shape index (κ2) is 6.47. The third kappa shape index (κ3) is 3.15. The van der Waals surface area contributed by atoms with Gasteiger partial charge in [0, 0.05) is 18.6 Å². The fraction of sp³-hybridized carbons (Fsp3) is 0.667. The van der Waals surface area contributed by atoms with E-state index in [-0.39, 0.29) is 0 Å². The summed E-state index contributed by atoms with van der Waals surface area (Å²) in [6, 6.07) is 10.1. The van der Waals surface area contributed by atoms with Gasteiger partial charge in [-0.05, 0) is 70.5 Å². The van der Waals surface area contributed by atoms with Crippen LogP contribution in [0.1, 0.15) is 30.0 Å². The smallest absolute Gasteiger partial charge is 0.0481 e. The van der Waals surface area contributed by atoms with Gasteiger partial charge < -0.3 is 10.2 Å². The molecule has 0 radical (unpaired) electrons. The van der Waals surface area contributed by atoms with Gasteiger partial charge in [0.25, 0.3) is 0 Å². The summed E-state index contributed by atoms with van der Waals surface area (Å²) in [6.45, 7) is 3.76. The third-order valence-corrected chi connectivity index (χ3v) is 5.26. The van der Waals surface area contributed by atoms with Crippen LogP contribution in [0.3, 0.4) is 0 Å². The first kappa shape index (κ1) is 15.0. The Bertz CT molecular complexity index is 463. The molecule has 2 aliphatic rings. The Morgan fingerprint density at radius 2 is 1.90 bits per heavy atom. The van der Waals surface area contributed by atoms with E-state index in [4.69, 9.17) is 0 Å². The van der Waals surface area contributed by atoms with Crippen molar-refractivity contribution in [1.82, 2.24) is 15.1 Å². The highest BCUT2D eigenvalue weighted by molar-refractivity contribution is 5.37. The molecule has 0 bridgehead atoms. The maximum absolute atomic E-state index is 3.56. The van der Waals surface area contributed by atoms with Crippen molar-refractivity contribution in [3.8, 4) is 0 Å². The van der Waals surface area contributed by atoms with Crippen LogP contribution in [0.5, 0.6) is 0 Å². The van der Waals surface area contributed by atoms with E-state index in [1.807, 2.05) is 0 Å². The molecule has 0 spiro atoms. The second-order valence-corrected chi connectivity index (χ2v) is 6.98. The van der Waals surface area contributed by atoms with Crippen molar-refractivity contribution in [3.63, 3.8) is 0 Å². The van der Waals surface area contributed by atoms with Gasteiger partial charge in [-0.1, -0.05) is 24.3 Å². The Labute approximate surface area is 129 Å². The third-order valence-electron chi connectivity index (χ3n) is 5.26. The van der Waals surface area contributed by atoms with Gasteiger partial charge >= 0.3 is 0 Å². The van der Waals surface area contributed by atoms with E-state index in [1.165, 1.54) is 50.0 Å². The van der Waals surface area contributed by atoms with Gasteiger partial charge in [-0.15, -0.1) is 0 Å². The summed E-state index contributed by atoms with van der Waals surface area (Å²) < 4.78 is 0. The predicted octanol–water partition coefficient (Wildman–Crippen LogP) is 2.15. The molecule has 0 aromatic heterocycles. The number of benzene rings is 1. The molecule has 1 aliphatic carbocycles. The number of likely N-dealkylation sites (N-methyl/N-ethyl adjacent to an activating group) is 1. The number of fused-ring (bicyclic) bond motifs is 1. The molecule has 1 aromatic carbocycles. The molecule has 1 heterocycles. The minimum absolute atomic E-state index is 0.506. The molecule has 1 aromatic rings. The summed E-state index contributed by atoms with van der Waals surface area (Å²) in [7, 11) is 6.49. The molecule has 2 atom stereocenters. The fourth-order valence-electron chi connectivity index (χ4n) is 4.25. The SMILES string of the molecule is CNC1c2ccccc2CC1N1CCC(CN(C)C)CC1. The van der Waals surface area contributed by atoms with E-state index in [9.17, 15) is 0 Å². The van der Waals surface area contributed by atoms with Crippen molar-refractivity contribution < 1.29 is 0 Å². The minimum atomic E-state index is 0.506. The van der Waals surface area contributed by atoms with Gasteiger partial charge in [-0.3, -0.25) is 4.90 Å². The van der Waals surface area contributed by atoms with Gasteiger partial charge in [0.15, 0.2) is 0 Å². The van der Waals surface area contributed by atoms with Crippen molar-refractivity contribution in [2.75, 3.05) is 40.8 Å². The first-order valence-corrected chi connectivity index (χ1v) is 8.33. The summed E-state index contributed by atoms with van der Waals surface area (Å²) in [4.78, 5) is 5.06. The zero-order valence-corrected chi connectivity index (χ0v) is 13.7. The van der Waals surface area contributed by atoms with Gasteiger partial charge in [0.1, 0.15) is 0 Å². The molecule has 116 valence electrons. The molecular formula is C18H29N3. The van der Waals surface area contributed by atoms with Crippen LogP contribution in [0, 0.1) is 5.92 Å². The predicted molar refractivity (Wildman–Crippen MR) is 88.6 cm³/mol. The molecule has 1 saturated heterocycles. The topological polar surface area (TPSA) is 18.5 Å². The molecule has 3 heteroatoms. The first-order valence-electron chi connectivity index (χ1n) is 8.33. The number of rotatable bonds is 4. The number of hydrogen-bond acceptors (Lipinski definition) is 3. The summed E-state index contributed by atoms with van der Waals surface area (Å²) >= 11 is 0. The van der Waals surface area contributed by atoms with Crippen molar-refractivity contribution >= 4 is 0 Å². The standard InChI is InChI=1S/C18H29N3/c1-19-18-16-7-5-4-6-15(16)12-17(18)21-10-8-14(9-11-21)13-20(2)3/h4-7,14,17-19H,8-13H2,1-3H3. The van der Waals surface area contributed by atoms with E-state index < -0.39 is 0 Å². The summed E-state index contributed by atoms with van der Waals surface area (Å²) in [5, 5.41) is 3.56. The van der Waals surface area contributed by atoms with E-state index in [0.717, 1.165) is 5.92 Å². The lowest BCUT2D eigenvalue weighted by atomic mass is 9.94. The second-order valence-electron chi connectivity index (χ2n) is 6.98. The maximum atomic E-state index is 3.56. The largest absolute Gasteiger partial charge is 0.312 e. The molecule has 2 unspecified atom stereocenters. The number of nitrogens with zero attached hydrogens (tertiary/aromatic N) is 2. The lowest BCUT2D eigenvalue weighted by Crippen LogP contribution is -2.47. The minimum Gasteiger partial charge on any atom is -0.312 e. The number of hydrogen-bond donors (Lipinski definition) is 1. The maximum Gasteiger partial charge on any atom is 0.0481 e. The average Bonchev–Trinajstić information content (AvgIpc) is 2.86. The summed E-state index contributed by atoms with van der Waals surface area (Å²) in [5.41, 5.74) is 3.05. The van der Waals surface area contributed by atoms with Crippen LogP contribution in [0.2, 0.25) is 0 Å². The Balaban J connectivity index is 1.64. The molecule has 3 nitrogen and oxygen atoms in total. The van der Waals surface area contributed by atoms with Crippen LogP contribution in [-0.4, -0.2) is 56.6 Å². The molecule has 21 heavy (non-hydrogen) atoms. The highest BCUT2D eigenvalue weighted by atomic mass is 15.2. The quantitative estimate of drug-likeness (QED) is 0.915. The fourth-order valence-corrected chi connectivity index (χ4v) is 4.25. The Kier molecular flexibility index (Phi) is 4.63. The van der Waals surface area contributed by atoms with Gasteiger partial charge in [-0.25, -0.2) is 0 Å². The Hall–Kier alpha value is -0.900. The zero-order valence-electron chi connectivity index (χ0n) is 13.7. The van der Waals surface area contributed by atoms with E-state index in [0.29, 0.717) is 12.1 Å². The van der Waals surface area contributed by atoms with Crippen molar-refractivity contribution in [3.05, 3.63) is 35.4 Å². The molecular weight excluding hydrogens is 258 g/mol. The molecule has 1 fully saturated rings. The average molecular weight is 287 g/mol. The van der Waals surface area contributed by atoms with Crippen LogP contribution < -0.4 is 5.32 Å². The molecule has 0 saturated carbocycles. The summed E-state index contributed by atoms with van der Waals surface area (Å²) in [5.74, 6) is 0.882. The van der Waals surface area contributed by atoms with Crippen LogP contribution >= 0.6 is 0 Å². The number of nitrogens with one attached hydrogen (secondary N) is 1. The highest BCUT2D eigenvalue weighted by Gasteiger charge is 2.36. The lowest BCUT2D eigenvalue weighted by Gasteiger charge is -2.39. The van der Waals surface area contributed by atoms with Crippen LogP contribution in [-0.2, 0) is 6.42 Å². The van der Waals surface area contributed by atoms with Crippen molar-refractivity contribution in [1.29, 1.82) is 0 Å². The zero-order chi connectivity index (χ0) is 14.8. The molecule has 0 amide bonds. The van der Waals surface area contributed by atoms with E-state index >= 15 is 0 Å². The van der Waals surface area contributed by atoms with Crippen molar-refractivity contribution in [2.24, 2.45) is 5.92 Å². The van der Waals surface area contributed by atoms with E-state index in [1.54, 1.807) is 0 Å². The molecule has 1 N–H and O–H groups in total. The molecule has 1 aliphatic heterocycles. The van der Waals surface area contributed by atoms with Crippen LogP contribution in [0.15, 0.2) is 24.3 Å². The van der Waals surface area contributed by atoms with Crippen LogP contribution in [0.4, 0.5) is 0 Å². The Morgan fingerprint density at radius 1 is 1.19 bits per heavy atom. The number of likely N-dealkylation sites (tertiary alicyclic amines) is 1. The van der Waals surface area contributed by atoms with Crippen molar-refractivity contribution in [2.45, 2.75) is 31.3 Å². The van der Waals surface area contributed by atoms with E-state index in [2.05, 4.69) is 60.5 Å². The number of piperidine rings is 1. The van der Waals surface area contributed by atoms with Gasteiger partial charge in [-0.2, -0.15) is 0 Å². The monoisotopic (exact) mass is 287 g/mol. The summed E-state index contributed by atoms with van der Waals surface area (Å²) in [6.07, 6.45) is 3.91. The Morgan fingerprint density at radius 3 is 2.57 bits per heavy atom. The molecule has 3 rings (SSSR count). The first-order chi connectivity index (χ1) is 10.2. The van der Waals surface area contributed by atoms with Gasteiger partial charge in [0.05, 0.1) is 0 Å². The van der Waals surface area contributed by atoms with Gasteiger partial charge in [0.2, 0.25) is 0 Å². The van der Waals surface area contributed by atoms with Crippen LogP contribution in [0.25, 0.3) is 0 Å². The normalized spacial score (nSPS) is 27.2. The highest BCUT2D eigenvalue weighted by Crippen LogP contribution is 2.35.